The first-order chi connectivity index (χ1) is 13.6. The van der Waals surface area contributed by atoms with Crippen molar-refractivity contribution in [2.45, 2.75) is 6.92 Å². The number of carbonyl (C=O) groups excluding carboxylic acids is 2. The predicted octanol–water partition coefficient (Wildman–Crippen LogP) is 3.64. The number of hydrogen-bond donors (Lipinski definition) is 0. The first-order valence-corrected chi connectivity index (χ1v) is 10.2. The molecule has 1 saturated heterocycles. The summed E-state index contributed by atoms with van der Waals surface area (Å²) in [6, 6.07) is 14.5. The van der Waals surface area contributed by atoms with Crippen LogP contribution in [0.3, 0.4) is 0 Å². The number of anilines is 1. The summed E-state index contributed by atoms with van der Waals surface area (Å²) in [4.78, 5) is 34.5. The number of hydrogen-bond acceptors (Lipinski definition) is 5. The molecule has 0 N–H and O–H groups in total. The van der Waals surface area contributed by atoms with E-state index >= 15 is 0 Å². The molecule has 3 aromatic rings. The minimum atomic E-state index is -0.120. The van der Waals surface area contributed by atoms with Crippen LogP contribution >= 0.6 is 11.3 Å². The minimum absolute atomic E-state index is 0.0881. The van der Waals surface area contributed by atoms with Crippen molar-refractivity contribution < 1.29 is 9.59 Å². The number of carbonyl (C=O) groups is 2. The van der Waals surface area contributed by atoms with Crippen molar-refractivity contribution in [3.05, 3.63) is 82.4 Å². The van der Waals surface area contributed by atoms with Gasteiger partial charge in [0, 0.05) is 48.9 Å². The number of aromatic nitrogens is 1. The molecule has 142 valence electrons. The normalized spacial score (nSPS) is 14.2. The summed E-state index contributed by atoms with van der Waals surface area (Å²) in [5, 5.41) is 2.95. The number of rotatable bonds is 4. The highest BCUT2D eigenvalue weighted by Crippen LogP contribution is 2.21. The van der Waals surface area contributed by atoms with Gasteiger partial charge in [-0.3, -0.25) is 9.59 Å². The molecule has 4 rings (SSSR count). The van der Waals surface area contributed by atoms with Crippen molar-refractivity contribution in [2.24, 2.45) is 0 Å². The van der Waals surface area contributed by atoms with Crippen molar-refractivity contribution in [2.75, 3.05) is 31.1 Å². The molecule has 1 fully saturated rings. The summed E-state index contributed by atoms with van der Waals surface area (Å²) in [7, 11) is 0. The number of piperazine rings is 1. The summed E-state index contributed by atoms with van der Waals surface area (Å²) in [6.45, 7) is 4.70. The Kier molecular flexibility index (Phi) is 5.21. The Labute approximate surface area is 168 Å². The van der Waals surface area contributed by atoms with Gasteiger partial charge in [0.1, 0.15) is 0 Å². The van der Waals surface area contributed by atoms with Gasteiger partial charge in [-0.1, -0.05) is 48.0 Å². The topological polar surface area (TPSA) is 53.5 Å². The number of benzene rings is 2. The lowest BCUT2D eigenvalue weighted by Gasteiger charge is -2.34. The minimum Gasteiger partial charge on any atom is -0.345 e. The van der Waals surface area contributed by atoms with Crippen LogP contribution in [0.2, 0.25) is 0 Å². The Morgan fingerprint density at radius 1 is 0.929 bits per heavy atom. The number of nitrogens with zero attached hydrogens (tertiary/aromatic N) is 3. The molecular formula is C22H21N3O2S. The molecule has 5 nitrogen and oxygen atoms in total. The van der Waals surface area contributed by atoms with Gasteiger partial charge in [-0.05, 0) is 13.0 Å². The molecular weight excluding hydrogens is 370 g/mol. The third kappa shape index (κ3) is 3.68. The fraction of sp³-hybridized carbons (Fsp3) is 0.227. The van der Waals surface area contributed by atoms with Crippen LogP contribution in [-0.2, 0) is 0 Å². The number of thiazole rings is 1. The van der Waals surface area contributed by atoms with Gasteiger partial charge in [-0.2, -0.15) is 0 Å². The maximum absolute atomic E-state index is 13.1. The molecule has 6 heteroatoms. The Morgan fingerprint density at radius 2 is 1.61 bits per heavy atom. The lowest BCUT2D eigenvalue weighted by molar-refractivity contribution is 0.0742. The monoisotopic (exact) mass is 391 g/mol. The molecule has 0 saturated carbocycles. The molecule has 1 aliphatic heterocycles. The summed E-state index contributed by atoms with van der Waals surface area (Å²) in [5.74, 6) is -0.208. The average Bonchev–Trinajstić information content (AvgIpc) is 3.28. The smallest absolute Gasteiger partial charge is 0.254 e. The van der Waals surface area contributed by atoms with E-state index in [4.69, 9.17) is 0 Å². The third-order valence-electron chi connectivity index (χ3n) is 4.97. The summed E-state index contributed by atoms with van der Waals surface area (Å²) in [6.07, 6.45) is 1.80. The van der Waals surface area contributed by atoms with Crippen LogP contribution in [0.4, 0.5) is 5.13 Å². The lowest BCUT2D eigenvalue weighted by atomic mass is 9.97. The lowest BCUT2D eigenvalue weighted by Crippen LogP contribution is -2.49. The first kappa shape index (κ1) is 18.4. The number of ketones is 1. The second kappa shape index (κ2) is 7.94. The van der Waals surface area contributed by atoms with Gasteiger partial charge >= 0.3 is 0 Å². The Balaban J connectivity index is 1.52. The fourth-order valence-electron chi connectivity index (χ4n) is 3.37. The van der Waals surface area contributed by atoms with Crippen LogP contribution in [0.15, 0.2) is 60.1 Å². The summed E-state index contributed by atoms with van der Waals surface area (Å²) < 4.78 is 0. The van der Waals surface area contributed by atoms with Crippen molar-refractivity contribution in [3.8, 4) is 0 Å². The third-order valence-corrected chi connectivity index (χ3v) is 5.80. The van der Waals surface area contributed by atoms with Gasteiger partial charge in [-0.25, -0.2) is 4.98 Å². The van der Waals surface area contributed by atoms with Gasteiger partial charge in [0.2, 0.25) is 0 Å². The molecule has 2 aromatic carbocycles. The Hall–Kier alpha value is -2.99. The molecule has 1 amide bonds. The first-order valence-electron chi connectivity index (χ1n) is 9.27. The zero-order chi connectivity index (χ0) is 19.5. The SMILES string of the molecule is Cc1ccc(C(=O)c2ccccc2C(=O)N2CCN(c3nccs3)CC2)cc1. The number of amides is 1. The molecule has 0 aliphatic carbocycles. The second-order valence-electron chi connectivity index (χ2n) is 6.83. The molecule has 0 unspecified atom stereocenters. The van der Waals surface area contributed by atoms with E-state index in [1.165, 1.54) is 0 Å². The molecule has 0 spiro atoms. The molecule has 1 aliphatic rings. The summed E-state index contributed by atoms with van der Waals surface area (Å²) in [5.41, 5.74) is 2.62. The molecule has 28 heavy (non-hydrogen) atoms. The Morgan fingerprint density at radius 3 is 2.25 bits per heavy atom. The van der Waals surface area contributed by atoms with Crippen LogP contribution in [0.1, 0.15) is 31.8 Å². The van der Waals surface area contributed by atoms with Gasteiger partial charge in [-0.15, -0.1) is 11.3 Å². The zero-order valence-electron chi connectivity index (χ0n) is 15.7. The molecule has 0 radical (unpaired) electrons. The van der Waals surface area contributed by atoms with Crippen LogP contribution in [0.5, 0.6) is 0 Å². The maximum atomic E-state index is 13.1. The van der Waals surface area contributed by atoms with Crippen molar-refractivity contribution in [1.82, 2.24) is 9.88 Å². The number of aryl methyl sites for hydroxylation is 1. The van der Waals surface area contributed by atoms with E-state index in [0.717, 1.165) is 23.8 Å². The van der Waals surface area contributed by atoms with E-state index in [0.29, 0.717) is 29.8 Å². The zero-order valence-corrected chi connectivity index (χ0v) is 16.5. The van der Waals surface area contributed by atoms with Crippen molar-refractivity contribution in [3.63, 3.8) is 0 Å². The quantitative estimate of drug-likeness (QED) is 0.637. The largest absolute Gasteiger partial charge is 0.345 e. The molecule has 2 heterocycles. The van der Waals surface area contributed by atoms with E-state index in [-0.39, 0.29) is 11.7 Å². The van der Waals surface area contributed by atoms with Crippen LogP contribution < -0.4 is 4.90 Å². The highest BCUT2D eigenvalue weighted by molar-refractivity contribution is 7.13. The van der Waals surface area contributed by atoms with E-state index in [9.17, 15) is 9.59 Å². The standard InChI is InChI=1S/C22H21N3O2S/c1-16-6-8-17(9-7-16)20(26)18-4-2-3-5-19(18)21(27)24-11-13-25(14-12-24)22-23-10-15-28-22/h2-10,15H,11-14H2,1H3. The summed E-state index contributed by atoms with van der Waals surface area (Å²) >= 11 is 1.61. The van der Waals surface area contributed by atoms with Crippen molar-refractivity contribution >= 4 is 28.2 Å². The van der Waals surface area contributed by atoms with Gasteiger partial charge in [0.05, 0.1) is 5.56 Å². The van der Waals surface area contributed by atoms with E-state index in [1.54, 1.807) is 35.7 Å². The molecule has 0 atom stereocenters. The predicted molar refractivity (Wildman–Crippen MR) is 111 cm³/mol. The van der Waals surface area contributed by atoms with Crippen LogP contribution in [-0.4, -0.2) is 47.8 Å². The molecule has 1 aromatic heterocycles. The second-order valence-corrected chi connectivity index (χ2v) is 7.71. The van der Waals surface area contributed by atoms with E-state index in [2.05, 4.69) is 9.88 Å². The van der Waals surface area contributed by atoms with E-state index < -0.39 is 0 Å². The highest BCUT2D eigenvalue weighted by Gasteiger charge is 2.26. The highest BCUT2D eigenvalue weighted by atomic mass is 32.1. The Bertz CT molecular complexity index is 975. The fourth-order valence-corrected chi connectivity index (χ4v) is 4.07. The van der Waals surface area contributed by atoms with Gasteiger partial charge in [0.15, 0.2) is 10.9 Å². The average molecular weight is 391 g/mol. The van der Waals surface area contributed by atoms with Crippen LogP contribution in [0.25, 0.3) is 0 Å². The molecule has 0 bridgehead atoms. The van der Waals surface area contributed by atoms with Crippen LogP contribution in [0, 0.1) is 6.92 Å². The maximum Gasteiger partial charge on any atom is 0.254 e. The van der Waals surface area contributed by atoms with Gasteiger partial charge < -0.3 is 9.80 Å². The van der Waals surface area contributed by atoms with Gasteiger partial charge in [0.25, 0.3) is 5.91 Å². The van der Waals surface area contributed by atoms with E-state index in [1.807, 2.05) is 47.5 Å². The van der Waals surface area contributed by atoms with Crippen molar-refractivity contribution in [1.29, 1.82) is 0 Å².